The lowest BCUT2D eigenvalue weighted by Crippen LogP contribution is -2.35. The number of aromatic nitrogens is 5. The van der Waals surface area contributed by atoms with Gasteiger partial charge in [0.15, 0.2) is 5.65 Å². The highest BCUT2D eigenvalue weighted by molar-refractivity contribution is 6.33. The summed E-state index contributed by atoms with van der Waals surface area (Å²) < 4.78 is 1.87. The molecule has 0 spiro atoms. The zero-order valence-corrected chi connectivity index (χ0v) is 17.3. The number of fused-ring (bicyclic) bond motifs is 2. The van der Waals surface area contributed by atoms with Gasteiger partial charge in [-0.15, -0.1) is 0 Å². The number of β-amino-alcohol motifs (C(OH)–C–C–N with tert-alkyl or cyclic N) is 1. The van der Waals surface area contributed by atoms with E-state index in [1.54, 1.807) is 6.07 Å². The average Bonchev–Trinajstić information content (AvgIpc) is 3.31. The lowest BCUT2D eigenvalue weighted by atomic mass is 10.1. The number of aromatic hydroxyl groups is 1. The van der Waals surface area contributed by atoms with Crippen molar-refractivity contribution < 1.29 is 10.2 Å². The molecular weight excluding hydrogens is 404 g/mol. The topological polar surface area (TPSA) is 103 Å². The number of rotatable bonds is 4. The zero-order valence-electron chi connectivity index (χ0n) is 16.6. The molecule has 0 saturated carbocycles. The van der Waals surface area contributed by atoms with Crippen molar-refractivity contribution in [1.82, 2.24) is 29.6 Å². The van der Waals surface area contributed by atoms with E-state index < -0.39 is 5.60 Å². The number of hydrogen-bond donors (Lipinski definition) is 3. The Bertz CT molecular complexity index is 1220. The minimum Gasteiger partial charge on any atom is -0.480 e. The van der Waals surface area contributed by atoms with Crippen LogP contribution in [0.1, 0.15) is 25.1 Å². The van der Waals surface area contributed by atoms with Crippen LogP contribution in [0, 0.1) is 0 Å². The third-order valence-electron chi connectivity index (χ3n) is 5.07. The lowest BCUT2D eigenvalue weighted by Gasteiger charge is -2.24. The molecule has 1 aromatic carbocycles. The van der Waals surface area contributed by atoms with Crippen LogP contribution in [0.3, 0.4) is 0 Å². The van der Waals surface area contributed by atoms with E-state index in [4.69, 9.17) is 16.7 Å². The number of pyridine rings is 1. The van der Waals surface area contributed by atoms with Gasteiger partial charge in [0.2, 0.25) is 0 Å². The fraction of sp³-hybridized carbons (Fsp3) is 0.286. The minimum atomic E-state index is -0.720. The number of hydrogen-bond acceptors (Lipinski definition) is 6. The van der Waals surface area contributed by atoms with Crippen molar-refractivity contribution in [3.8, 4) is 23.0 Å². The molecule has 3 aromatic heterocycles. The van der Waals surface area contributed by atoms with Crippen molar-refractivity contribution in [2.45, 2.75) is 32.5 Å². The fourth-order valence-electron chi connectivity index (χ4n) is 3.89. The number of aromatic amines is 1. The van der Waals surface area contributed by atoms with Crippen LogP contribution in [0.25, 0.3) is 28.1 Å². The SMILES string of the molecule is CC(C)(O)CN1Cc2cn(-c3ccc(-c4nc5nc(O)[nH]c5cc4Cl)cc3)nc2C1. The van der Waals surface area contributed by atoms with E-state index in [0.29, 0.717) is 28.4 Å². The zero-order chi connectivity index (χ0) is 21.0. The first kappa shape index (κ1) is 19.0. The molecule has 9 heteroatoms. The van der Waals surface area contributed by atoms with Crippen molar-refractivity contribution in [1.29, 1.82) is 0 Å². The molecule has 5 rings (SSSR count). The van der Waals surface area contributed by atoms with Gasteiger partial charge in [0, 0.05) is 37.0 Å². The summed E-state index contributed by atoms with van der Waals surface area (Å²) in [6.45, 7) is 5.77. The Balaban J connectivity index is 1.38. The molecule has 154 valence electrons. The molecule has 0 unspecified atom stereocenters. The Hall–Kier alpha value is -2.94. The second kappa shape index (κ2) is 6.80. The molecule has 0 amide bonds. The quantitative estimate of drug-likeness (QED) is 0.464. The van der Waals surface area contributed by atoms with Gasteiger partial charge < -0.3 is 15.2 Å². The fourth-order valence-corrected chi connectivity index (χ4v) is 4.15. The van der Waals surface area contributed by atoms with Gasteiger partial charge in [-0.3, -0.25) is 4.90 Å². The first-order chi connectivity index (χ1) is 14.2. The number of nitrogens with zero attached hydrogens (tertiary/aromatic N) is 5. The van der Waals surface area contributed by atoms with E-state index in [-0.39, 0.29) is 6.01 Å². The van der Waals surface area contributed by atoms with Crippen LogP contribution >= 0.6 is 11.6 Å². The van der Waals surface area contributed by atoms with Crippen LogP contribution in [-0.4, -0.2) is 52.0 Å². The van der Waals surface area contributed by atoms with Gasteiger partial charge in [-0.25, -0.2) is 9.67 Å². The third-order valence-corrected chi connectivity index (χ3v) is 5.36. The van der Waals surface area contributed by atoms with Gasteiger partial charge in [-0.2, -0.15) is 10.1 Å². The number of halogens is 1. The summed E-state index contributed by atoms with van der Waals surface area (Å²) in [6, 6.07) is 9.34. The summed E-state index contributed by atoms with van der Waals surface area (Å²) in [5.74, 6) is 0. The molecule has 1 aliphatic rings. The summed E-state index contributed by atoms with van der Waals surface area (Å²) in [7, 11) is 0. The molecule has 3 N–H and O–H groups in total. The Morgan fingerprint density at radius 2 is 1.93 bits per heavy atom. The maximum atomic E-state index is 10.0. The van der Waals surface area contributed by atoms with Gasteiger partial charge in [-0.1, -0.05) is 23.7 Å². The molecule has 0 aliphatic carbocycles. The van der Waals surface area contributed by atoms with Gasteiger partial charge in [-0.05, 0) is 32.0 Å². The number of benzene rings is 1. The van der Waals surface area contributed by atoms with Gasteiger partial charge in [0.25, 0.3) is 6.01 Å². The highest BCUT2D eigenvalue weighted by Crippen LogP contribution is 2.30. The second-order valence-corrected chi connectivity index (χ2v) is 8.71. The molecule has 0 bridgehead atoms. The molecule has 8 nitrogen and oxygen atoms in total. The number of aliphatic hydroxyl groups is 1. The summed E-state index contributed by atoms with van der Waals surface area (Å²) in [5, 5.41) is 24.7. The number of H-pyrrole nitrogens is 1. The highest BCUT2D eigenvalue weighted by atomic mass is 35.5. The third kappa shape index (κ3) is 3.54. The molecule has 1 aliphatic heterocycles. The van der Waals surface area contributed by atoms with Crippen LogP contribution < -0.4 is 0 Å². The van der Waals surface area contributed by atoms with Crippen LogP contribution in [0.5, 0.6) is 6.01 Å². The maximum absolute atomic E-state index is 10.0. The lowest BCUT2D eigenvalue weighted by molar-refractivity contribution is 0.0346. The summed E-state index contributed by atoms with van der Waals surface area (Å²) >= 11 is 6.38. The van der Waals surface area contributed by atoms with E-state index >= 15 is 0 Å². The maximum Gasteiger partial charge on any atom is 0.293 e. The summed E-state index contributed by atoms with van der Waals surface area (Å²) in [6.07, 6.45) is 2.04. The van der Waals surface area contributed by atoms with Gasteiger partial charge in [0.05, 0.1) is 33.2 Å². The van der Waals surface area contributed by atoms with Crippen LogP contribution in [0.2, 0.25) is 5.02 Å². The Morgan fingerprint density at radius 3 is 2.63 bits per heavy atom. The van der Waals surface area contributed by atoms with Gasteiger partial charge >= 0.3 is 0 Å². The minimum absolute atomic E-state index is 0.186. The van der Waals surface area contributed by atoms with Crippen LogP contribution in [0.15, 0.2) is 36.5 Å². The molecular formula is C21H21ClN6O2. The van der Waals surface area contributed by atoms with E-state index in [0.717, 1.165) is 30.0 Å². The van der Waals surface area contributed by atoms with Crippen LogP contribution in [-0.2, 0) is 13.1 Å². The Kier molecular flexibility index (Phi) is 4.32. The predicted octanol–water partition coefficient (Wildman–Crippen LogP) is 3.26. The molecule has 0 fully saturated rings. The van der Waals surface area contributed by atoms with E-state index in [9.17, 15) is 10.2 Å². The van der Waals surface area contributed by atoms with Gasteiger partial charge in [0.1, 0.15) is 0 Å². The number of nitrogens with one attached hydrogen (secondary N) is 1. The predicted molar refractivity (Wildman–Crippen MR) is 114 cm³/mol. The summed E-state index contributed by atoms with van der Waals surface area (Å²) in [4.78, 5) is 13.3. The largest absolute Gasteiger partial charge is 0.480 e. The number of imidazole rings is 1. The van der Waals surface area contributed by atoms with E-state index in [1.165, 1.54) is 5.56 Å². The monoisotopic (exact) mass is 424 g/mol. The Morgan fingerprint density at radius 1 is 1.17 bits per heavy atom. The van der Waals surface area contributed by atoms with Crippen LogP contribution in [0.4, 0.5) is 0 Å². The molecule has 4 aromatic rings. The van der Waals surface area contributed by atoms with Crippen molar-refractivity contribution in [2.75, 3.05) is 6.54 Å². The first-order valence-corrected chi connectivity index (χ1v) is 10.0. The van der Waals surface area contributed by atoms with Crippen molar-refractivity contribution in [3.05, 3.63) is 52.8 Å². The normalized spacial score (nSPS) is 14.5. The van der Waals surface area contributed by atoms with Crippen molar-refractivity contribution in [2.24, 2.45) is 0 Å². The molecule has 0 saturated heterocycles. The van der Waals surface area contributed by atoms with E-state index in [1.807, 2.05) is 49.0 Å². The highest BCUT2D eigenvalue weighted by Gasteiger charge is 2.27. The molecule has 30 heavy (non-hydrogen) atoms. The summed E-state index contributed by atoms with van der Waals surface area (Å²) in [5.41, 5.74) is 4.89. The molecule has 4 heterocycles. The standard InChI is InChI=1S/C21H21ClN6O2/c1-21(2,30)11-27-8-13-9-28(26-17(13)10-27)14-5-3-12(4-6-14)18-15(22)7-16-19(24-18)25-20(29)23-16/h3-7,9,30H,8,10-11H2,1-2H3,(H2,23,24,25,29). The first-order valence-electron chi connectivity index (χ1n) is 9.63. The molecule has 0 radical (unpaired) electrons. The molecule has 0 atom stereocenters. The van der Waals surface area contributed by atoms with Crippen molar-refractivity contribution in [3.63, 3.8) is 0 Å². The Labute approximate surface area is 177 Å². The average molecular weight is 425 g/mol. The van der Waals surface area contributed by atoms with E-state index in [2.05, 4.69) is 19.9 Å². The second-order valence-electron chi connectivity index (χ2n) is 8.30. The smallest absolute Gasteiger partial charge is 0.293 e. The van der Waals surface area contributed by atoms with Crippen molar-refractivity contribution >= 4 is 22.8 Å².